The molecule has 1 fully saturated rings. The molecule has 0 radical (unpaired) electrons. The van der Waals surface area contributed by atoms with Gasteiger partial charge >= 0.3 is 0 Å². The van der Waals surface area contributed by atoms with E-state index >= 15 is 0 Å². The van der Waals surface area contributed by atoms with E-state index in [4.69, 9.17) is 0 Å². The van der Waals surface area contributed by atoms with Crippen molar-refractivity contribution in [1.29, 1.82) is 0 Å². The Labute approximate surface area is 105 Å². The molecular weight excluding hydrogens is 236 g/mol. The lowest BCUT2D eigenvalue weighted by Gasteiger charge is -2.21. The summed E-state index contributed by atoms with van der Waals surface area (Å²) in [7, 11) is 0. The van der Waals surface area contributed by atoms with Gasteiger partial charge < -0.3 is 10.4 Å². The molecule has 1 aliphatic rings. The highest BCUT2D eigenvalue weighted by Gasteiger charge is 2.24. The van der Waals surface area contributed by atoms with Crippen molar-refractivity contribution in [3.8, 4) is 0 Å². The Morgan fingerprint density at radius 2 is 2.24 bits per heavy atom. The number of amides is 1. The third-order valence-corrected chi connectivity index (χ3v) is 3.92. The zero-order valence-electron chi connectivity index (χ0n) is 9.98. The lowest BCUT2D eigenvalue weighted by atomic mass is 10.1. The molecular formula is C12H18N2O2S. The van der Waals surface area contributed by atoms with Crippen LogP contribution in [0.25, 0.3) is 0 Å². The number of aliphatic hydroxyl groups excluding tert-OH is 1. The minimum atomic E-state index is -0.416. The predicted molar refractivity (Wildman–Crippen MR) is 67.2 cm³/mol. The van der Waals surface area contributed by atoms with E-state index in [9.17, 15) is 9.90 Å². The molecule has 1 aromatic heterocycles. The van der Waals surface area contributed by atoms with E-state index < -0.39 is 6.10 Å². The second-order valence-corrected chi connectivity index (χ2v) is 5.60. The number of thiazole rings is 1. The molecule has 0 aromatic carbocycles. The smallest absolute Gasteiger partial charge is 0.271 e. The summed E-state index contributed by atoms with van der Waals surface area (Å²) in [6.07, 6.45) is 4.47. The van der Waals surface area contributed by atoms with Crippen molar-refractivity contribution < 1.29 is 9.90 Å². The first-order valence-corrected chi connectivity index (χ1v) is 6.96. The van der Waals surface area contributed by atoms with Crippen LogP contribution >= 0.6 is 11.3 Å². The topological polar surface area (TPSA) is 62.2 Å². The number of nitrogens with one attached hydrogen (secondary N) is 1. The molecule has 17 heavy (non-hydrogen) atoms. The molecule has 0 saturated heterocycles. The summed E-state index contributed by atoms with van der Waals surface area (Å²) in [5.74, 6) is -0.166. The number of hydrogen-bond donors (Lipinski definition) is 2. The largest absolute Gasteiger partial charge is 0.391 e. The molecule has 94 valence electrons. The van der Waals surface area contributed by atoms with Crippen LogP contribution in [0, 0.1) is 6.92 Å². The van der Waals surface area contributed by atoms with Gasteiger partial charge in [0.05, 0.1) is 17.2 Å². The van der Waals surface area contributed by atoms with Gasteiger partial charge in [-0.25, -0.2) is 4.98 Å². The van der Waals surface area contributed by atoms with Gasteiger partial charge in [-0.05, 0) is 19.8 Å². The zero-order valence-corrected chi connectivity index (χ0v) is 10.8. The Hall–Kier alpha value is -0.940. The number of carbonyl (C=O) groups is 1. The second kappa shape index (κ2) is 5.60. The van der Waals surface area contributed by atoms with Crippen LogP contribution in [0.4, 0.5) is 0 Å². The van der Waals surface area contributed by atoms with Gasteiger partial charge in [0.1, 0.15) is 5.69 Å². The minimum Gasteiger partial charge on any atom is -0.391 e. The van der Waals surface area contributed by atoms with E-state index in [-0.39, 0.29) is 11.9 Å². The molecule has 0 spiro atoms. The van der Waals surface area contributed by atoms with E-state index in [2.05, 4.69) is 10.3 Å². The Morgan fingerprint density at radius 1 is 1.47 bits per heavy atom. The first-order chi connectivity index (χ1) is 8.16. The fourth-order valence-electron chi connectivity index (χ4n) is 2.17. The fraction of sp³-hybridized carbons (Fsp3) is 0.667. The van der Waals surface area contributed by atoms with Crippen LogP contribution in [0.15, 0.2) is 5.38 Å². The van der Waals surface area contributed by atoms with Gasteiger partial charge in [-0.2, -0.15) is 0 Å². The van der Waals surface area contributed by atoms with Crippen LogP contribution in [-0.2, 0) is 0 Å². The second-order valence-electron chi connectivity index (χ2n) is 4.54. The highest BCUT2D eigenvalue weighted by Crippen LogP contribution is 2.18. The maximum Gasteiger partial charge on any atom is 0.271 e. The number of carbonyl (C=O) groups excluding carboxylic acids is 1. The first kappa shape index (κ1) is 12.5. The van der Waals surface area contributed by atoms with Gasteiger partial charge in [-0.15, -0.1) is 11.3 Å². The van der Waals surface area contributed by atoms with E-state index in [1.165, 1.54) is 11.3 Å². The van der Waals surface area contributed by atoms with Crippen LogP contribution in [0.2, 0.25) is 0 Å². The third kappa shape index (κ3) is 3.26. The number of nitrogens with zero attached hydrogens (tertiary/aromatic N) is 1. The predicted octanol–water partition coefficient (Wildman–Crippen LogP) is 1.87. The molecule has 4 nitrogen and oxygen atoms in total. The maximum absolute atomic E-state index is 11.9. The summed E-state index contributed by atoms with van der Waals surface area (Å²) < 4.78 is 0. The molecule has 1 amide bonds. The summed E-state index contributed by atoms with van der Waals surface area (Å²) in [5, 5.41) is 15.5. The number of hydrogen-bond acceptors (Lipinski definition) is 4. The van der Waals surface area contributed by atoms with E-state index in [0.29, 0.717) is 5.69 Å². The van der Waals surface area contributed by atoms with Gasteiger partial charge in [-0.3, -0.25) is 4.79 Å². The average molecular weight is 254 g/mol. The van der Waals surface area contributed by atoms with Crippen molar-refractivity contribution in [2.75, 3.05) is 0 Å². The van der Waals surface area contributed by atoms with Gasteiger partial charge in [0.15, 0.2) is 0 Å². The average Bonchev–Trinajstić information content (AvgIpc) is 2.63. The number of aromatic nitrogens is 1. The monoisotopic (exact) mass is 254 g/mol. The first-order valence-electron chi connectivity index (χ1n) is 6.08. The Kier molecular flexibility index (Phi) is 4.12. The van der Waals surface area contributed by atoms with E-state index in [1.807, 2.05) is 6.92 Å². The number of rotatable bonds is 2. The summed E-state index contributed by atoms with van der Waals surface area (Å²) in [5.41, 5.74) is 0.462. The highest BCUT2D eigenvalue weighted by molar-refractivity contribution is 7.09. The SMILES string of the molecule is Cc1nc(C(=O)NC2CCCCCC2O)cs1. The van der Waals surface area contributed by atoms with Crippen molar-refractivity contribution in [2.24, 2.45) is 0 Å². The van der Waals surface area contributed by atoms with Crippen LogP contribution in [0.3, 0.4) is 0 Å². The molecule has 1 aliphatic carbocycles. The number of aryl methyl sites for hydroxylation is 1. The van der Waals surface area contributed by atoms with Crippen LogP contribution in [0.1, 0.15) is 47.6 Å². The fourth-order valence-corrected chi connectivity index (χ4v) is 2.76. The lowest BCUT2D eigenvalue weighted by Crippen LogP contribution is -2.42. The molecule has 2 unspecified atom stereocenters. The van der Waals surface area contributed by atoms with Crippen molar-refractivity contribution in [1.82, 2.24) is 10.3 Å². The van der Waals surface area contributed by atoms with Gasteiger partial charge in [0.25, 0.3) is 5.91 Å². The third-order valence-electron chi connectivity index (χ3n) is 3.15. The van der Waals surface area contributed by atoms with Crippen molar-refractivity contribution in [3.05, 3.63) is 16.1 Å². The van der Waals surface area contributed by atoms with Crippen LogP contribution in [0.5, 0.6) is 0 Å². The van der Waals surface area contributed by atoms with Crippen LogP contribution < -0.4 is 5.32 Å². The van der Waals surface area contributed by atoms with Gasteiger partial charge in [0.2, 0.25) is 0 Å². The molecule has 2 rings (SSSR count). The van der Waals surface area contributed by atoms with Gasteiger partial charge in [-0.1, -0.05) is 19.3 Å². The summed E-state index contributed by atoms with van der Waals surface area (Å²) in [6.45, 7) is 1.88. The summed E-state index contributed by atoms with van der Waals surface area (Å²) in [6, 6.07) is -0.119. The molecule has 1 heterocycles. The zero-order chi connectivity index (χ0) is 12.3. The van der Waals surface area contributed by atoms with Crippen molar-refractivity contribution >= 4 is 17.2 Å². The Morgan fingerprint density at radius 3 is 2.94 bits per heavy atom. The van der Waals surface area contributed by atoms with Crippen LogP contribution in [-0.4, -0.2) is 28.1 Å². The van der Waals surface area contributed by atoms with Crippen molar-refractivity contribution in [3.63, 3.8) is 0 Å². The Balaban J connectivity index is 1.97. The number of aliphatic hydroxyl groups is 1. The molecule has 1 saturated carbocycles. The molecule has 2 atom stereocenters. The molecule has 0 bridgehead atoms. The standard InChI is InChI=1S/C12H18N2O2S/c1-8-13-10(7-17-8)12(16)14-9-5-3-2-4-6-11(9)15/h7,9,11,15H,2-6H2,1H3,(H,14,16). The molecule has 2 N–H and O–H groups in total. The quantitative estimate of drug-likeness (QED) is 0.792. The molecule has 1 aromatic rings. The summed E-state index contributed by atoms with van der Waals surface area (Å²) in [4.78, 5) is 16.1. The highest BCUT2D eigenvalue weighted by atomic mass is 32.1. The van der Waals surface area contributed by atoms with Crippen molar-refractivity contribution in [2.45, 2.75) is 51.2 Å². The maximum atomic E-state index is 11.9. The molecule has 0 aliphatic heterocycles. The van der Waals surface area contributed by atoms with E-state index in [0.717, 1.165) is 37.1 Å². The molecule has 5 heteroatoms. The van der Waals surface area contributed by atoms with Gasteiger partial charge in [0, 0.05) is 5.38 Å². The normalized spacial score (nSPS) is 25.3. The lowest BCUT2D eigenvalue weighted by molar-refractivity contribution is 0.0815. The minimum absolute atomic E-state index is 0.119. The Bertz CT molecular complexity index is 392. The van der Waals surface area contributed by atoms with E-state index in [1.54, 1.807) is 5.38 Å². The summed E-state index contributed by atoms with van der Waals surface area (Å²) >= 11 is 1.47.